The summed E-state index contributed by atoms with van der Waals surface area (Å²) in [4.78, 5) is 25.4. The van der Waals surface area contributed by atoms with Gasteiger partial charge in [-0.15, -0.1) is 0 Å². The van der Waals surface area contributed by atoms with Crippen molar-refractivity contribution < 1.29 is 4.79 Å². The Kier molecular flexibility index (Phi) is 5.71. The van der Waals surface area contributed by atoms with Crippen LogP contribution in [-0.4, -0.2) is 27.4 Å². The van der Waals surface area contributed by atoms with Gasteiger partial charge in [0.05, 0.1) is 11.2 Å². The maximum Gasteiger partial charge on any atom is 0.270 e. The van der Waals surface area contributed by atoms with E-state index in [-0.39, 0.29) is 5.91 Å². The lowest BCUT2D eigenvalue weighted by Gasteiger charge is -2.09. The number of hydrogen-bond donors (Lipinski definition) is 2. The number of anilines is 2. The van der Waals surface area contributed by atoms with E-state index in [1.165, 1.54) is 5.56 Å². The summed E-state index contributed by atoms with van der Waals surface area (Å²) in [6.07, 6.45) is 5.11. The monoisotopic (exact) mass is 383 g/mol. The first-order valence-corrected chi connectivity index (χ1v) is 9.55. The summed E-state index contributed by atoms with van der Waals surface area (Å²) in [7, 11) is 0. The molecule has 0 bridgehead atoms. The van der Waals surface area contributed by atoms with Crippen molar-refractivity contribution in [1.29, 1.82) is 0 Å². The molecule has 6 heteroatoms. The molecule has 4 aromatic rings. The van der Waals surface area contributed by atoms with Crippen LogP contribution in [0.5, 0.6) is 0 Å². The standard InChI is InChI=1S/C23H21N5O/c29-22(25-15-5-9-17-7-2-1-3-8-17)20-13-16-26-23(28-20)27-19-12-4-10-18-11-6-14-24-21(18)19/h1-4,6-8,10-14,16H,5,9,15H2,(H,25,29)(H,26,27,28). The molecule has 4 rings (SSSR count). The minimum atomic E-state index is -0.209. The lowest BCUT2D eigenvalue weighted by Crippen LogP contribution is -2.26. The SMILES string of the molecule is O=C(NCCCc1ccccc1)c1ccnc(Nc2cccc3cccnc23)n1. The molecule has 2 heterocycles. The number of aromatic nitrogens is 3. The van der Waals surface area contributed by atoms with Crippen molar-refractivity contribution in [3.8, 4) is 0 Å². The second-order valence-electron chi connectivity index (χ2n) is 6.62. The van der Waals surface area contributed by atoms with E-state index in [1.807, 2.05) is 48.5 Å². The molecule has 1 amide bonds. The maximum atomic E-state index is 12.4. The second-order valence-corrected chi connectivity index (χ2v) is 6.62. The van der Waals surface area contributed by atoms with E-state index in [2.05, 4.69) is 37.7 Å². The van der Waals surface area contributed by atoms with Crippen LogP contribution in [0.2, 0.25) is 0 Å². The van der Waals surface area contributed by atoms with Crippen molar-refractivity contribution in [2.24, 2.45) is 0 Å². The maximum absolute atomic E-state index is 12.4. The average molecular weight is 383 g/mol. The van der Waals surface area contributed by atoms with Gasteiger partial charge in [0.1, 0.15) is 5.69 Å². The highest BCUT2D eigenvalue weighted by Gasteiger charge is 2.10. The van der Waals surface area contributed by atoms with Gasteiger partial charge in [0.15, 0.2) is 0 Å². The zero-order valence-corrected chi connectivity index (χ0v) is 15.9. The number of nitrogens with zero attached hydrogens (tertiary/aromatic N) is 3. The molecule has 0 unspecified atom stereocenters. The number of hydrogen-bond acceptors (Lipinski definition) is 5. The van der Waals surface area contributed by atoms with Crippen LogP contribution in [0.3, 0.4) is 0 Å². The predicted molar refractivity (Wildman–Crippen MR) is 114 cm³/mol. The molecule has 0 aliphatic carbocycles. The first kappa shape index (κ1) is 18.6. The van der Waals surface area contributed by atoms with E-state index in [9.17, 15) is 4.79 Å². The molecule has 0 saturated carbocycles. The predicted octanol–water partition coefficient (Wildman–Crippen LogP) is 4.13. The van der Waals surface area contributed by atoms with Crippen LogP contribution in [0.4, 0.5) is 11.6 Å². The molecular weight excluding hydrogens is 362 g/mol. The lowest BCUT2D eigenvalue weighted by molar-refractivity contribution is 0.0948. The Morgan fingerprint density at radius 3 is 2.62 bits per heavy atom. The number of fused-ring (bicyclic) bond motifs is 1. The van der Waals surface area contributed by atoms with Crippen LogP contribution in [0, 0.1) is 0 Å². The molecule has 0 saturated heterocycles. The molecule has 0 aliphatic rings. The summed E-state index contributed by atoms with van der Waals surface area (Å²) in [5.41, 5.74) is 3.22. The summed E-state index contributed by atoms with van der Waals surface area (Å²) < 4.78 is 0. The molecule has 0 radical (unpaired) electrons. The molecule has 29 heavy (non-hydrogen) atoms. The fourth-order valence-electron chi connectivity index (χ4n) is 3.10. The Morgan fingerprint density at radius 2 is 1.72 bits per heavy atom. The Balaban J connectivity index is 1.38. The van der Waals surface area contributed by atoms with Crippen molar-refractivity contribution in [2.75, 3.05) is 11.9 Å². The van der Waals surface area contributed by atoms with Gasteiger partial charge in [-0.25, -0.2) is 9.97 Å². The summed E-state index contributed by atoms with van der Waals surface area (Å²) in [5, 5.41) is 7.11. The molecule has 0 atom stereocenters. The number of pyridine rings is 1. The van der Waals surface area contributed by atoms with Gasteiger partial charge in [0.2, 0.25) is 5.95 Å². The number of aryl methyl sites for hydroxylation is 1. The van der Waals surface area contributed by atoms with Gasteiger partial charge >= 0.3 is 0 Å². The van der Waals surface area contributed by atoms with Crippen molar-refractivity contribution >= 4 is 28.4 Å². The summed E-state index contributed by atoms with van der Waals surface area (Å²) >= 11 is 0. The van der Waals surface area contributed by atoms with E-state index in [0.29, 0.717) is 18.2 Å². The first-order chi connectivity index (χ1) is 14.3. The van der Waals surface area contributed by atoms with Crippen molar-refractivity contribution in [3.63, 3.8) is 0 Å². The second kappa shape index (κ2) is 8.93. The van der Waals surface area contributed by atoms with Crippen molar-refractivity contribution in [1.82, 2.24) is 20.3 Å². The van der Waals surface area contributed by atoms with E-state index >= 15 is 0 Å². The minimum Gasteiger partial charge on any atom is -0.351 e. The van der Waals surface area contributed by atoms with Crippen LogP contribution >= 0.6 is 0 Å². The van der Waals surface area contributed by atoms with Gasteiger partial charge in [-0.2, -0.15) is 0 Å². The Morgan fingerprint density at radius 1 is 0.862 bits per heavy atom. The largest absolute Gasteiger partial charge is 0.351 e. The normalized spacial score (nSPS) is 10.6. The molecule has 144 valence electrons. The van der Waals surface area contributed by atoms with Gasteiger partial charge < -0.3 is 10.6 Å². The number of rotatable bonds is 7. The molecule has 0 spiro atoms. The number of carbonyl (C=O) groups excluding carboxylic acids is 1. The smallest absolute Gasteiger partial charge is 0.270 e. The summed E-state index contributed by atoms with van der Waals surface area (Å²) in [6, 6.07) is 21.6. The van der Waals surface area contributed by atoms with E-state index in [0.717, 1.165) is 29.4 Å². The molecule has 0 fully saturated rings. The van der Waals surface area contributed by atoms with E-state index < -0.39 is 0 Å². The third-order valence-corrected chi connectivity index (χ3v) is 4.54. The number of carbonyl (C=O) groups is 1. The first-order valence-electron chi connectivity index (χ1n) is 9.55. The molecule has 6 nitrogen and oxygen atoms in total. The highest BCUT2D eigenvalue weighted by atomic mass is 16.1. The van der Waals surface area contributed by atoms with Gasteiger partial charge in [-0.05, 0) is 36.6 Å². The third-order valence-electron chi connectivity index (χ3n) is 4.54. The zero-order chi connectivity index (χ0) is 19.9. The topological polar surface area (TPSA) is 79.8 Å². The Hall–Kier alpha value is -3.80. The highest BCUT2D eigenvalue weighted by molar-refractivity contribution is 5.93. The van der Waals surface area contributed by atoms with E-state index in [1.54, 1.807) is 18.5 Å². The highest BCUT2D eigenvalue weighted by Crippen LogP contribution is 2.22. The number of para-hydroxylation sites is 1. The molecule has 0 aliphatic heterocycles. The fourth-order valence-corrected chi connectivity index (χ4v) is 3.10. The van der Waals surface area contributed by atoms with Crippen LogP contribution in [0.1, 0.15) is 22.5 Å². The third kappa shape index (κ3) is 4.73. The van der Waals surface area contributed by atoms with Gasteiger partial charge in [0.25, 0.3) is 5.91 Å². The fraction of sp³-hybridized carbons (Fsp3) is 0.130. The molecule has 2 N–H and O–H groups in total. The molecular formula is C23H21N5O. The molecule has 2 aromatic carbocycles. The Labute approximate surface area is 169 Å². The van der Waals surface area contributed by atoms with Crippen molar-refractivity contribution in [2.45, 2.75) is 12.8 Å². The average Bonchev–Trinajstić information content (AvgIpc) is 2.78. The van der Waals surface area contributed by atoms with Crippen molar-refractivity contribution in [3.05, 3.63) is 90.4 Å². The van der Waals surface area contributed by atoms with Crippen LogP contribution in [0.15, 0.2) is 79.1 Å². The van der Waals surface area contributed by atoms with Gasteiger partial charge in [-0.1, -0.05) is 48.5 Å². The van der Waals surface area contributed by atoms with Gasteiger partial charge in [-0.3, -0.25) is 9.78 Å². The number of benzene rings is 2. The molecule has 2 aromatic heterocycles. The quantitative estimate of drug-likeness (QED) is 0.469. The number of amides is 1. The zero-order valence-electron chi connectivity index (χ0n) is 15.9. The minimum absolute atomic E-state index is 0.209. The van der Waals surface area contributed by atoms with Gasteiger partial charge in [0, 0.05) is 24.3 Å². The van der Waals surface area contributed by atoms with Crippen LogP contribution in [-0.2, 0) is 6.42 Å². The van der Waals surface area contributed by atoms with Crippen LogP contribution in [0.25, 0.3) is 10.9 Å². The summed E-state index contributed by atoms with van der Waals surface area (Å²) in [6.45, 7) is 0.591. The summed E-state index contributed by atoms with van der Waals surface area (Å²) in [5.74, 6) is 0.152. The Bertz CT molecular complexity index is 1110. The number of nitrogens with one attached hydrogen (secondary N) is 2. The van der Waals surface area contributed by atoms with E-state index in [4.69, 9.17) is 0 Å². The lowest BCUT2D eigenvalue weighted by atomic mass is 10.1. The van der Waals surface area contributed by atoms with Crippen LogP contribution < -0.4 is 10.6 Å².